The van der Waals surface area contributed by atoms with E-state index in [1.165, 1.54) is 38.1 Å². The van der Waals surface area contributed by atoms with Crippen LogP contribution in [0, 0.1) is 11.7 Å². The van der Waals surface area contributed by atoms with Crippen molar-refractivity contribution in [2.75, 3.05) is 0 Å². The molecule has 1 saturated heterocycles. The SMILES string of the molecule is C[C@@H](O[C@H]1CC[C@@H](C2(O)C[C@@](C)(NC(=O)OCc3ccccc3)C(=O)N2)[C@@H]1c1ccc(F)cc1)c1cc(C(F)(F)F)cc(C(F)(F)F)c1. The van der Waals surface area contributed by atoms with Gasteiger partial charge in [-0.25, -0.2) is 9.18 Å². The summed E-state index contributed by atoms with van der Waals surface area (Å²) in [6.07, 6.45) is -13.1. The zero-order valence-corrected chi connectivity index (χ0v) is 25.8. The first-order valence-electron chi connectivity index (χ1n) is 15.1. The van der Waals surface area contributed by atoms with E-state index in [1.807, 2.05) is 0 Å². The van der Waals surface area contributed by atoms with Gasteiger partial charge in [-0.15, -0.1) is 0 Å². The topological polar surface area (TPSA) is 96.9 Å². The molecule has 3 aromatic carbocycles. The van der Waals surface area contributed by atoms with E-state index in [0.717, 1.165) is 0 Å². The van der Waals surface area contributed by atoms with E-state index in [0.29, 0.717) is 23.3 Å². The maximum atomic E-state index is 13.9. The Labute approximate surface area is 271 Å². The maximum Gasteiger partial charge on any atom is 0.416 e. The van der Waals surface area contributed by atoms with Gasteiger partial charge in [-0.2, -0.15) is 26.3 Å². The van der Waals surface area contributed by atoms with Gasteiger partial charge in [0.1, 0.15) is 23.7 Å². The Morgan fingerprint density at radius 1 is 0.979 bits per heavy atom. The van der Waals surface area contributed by atoms with Crippen LogP contribution in [0.3, 0.4) is 0 Å². The Kier molecular flexibility index (Phi) is 9.54. The monoisotopic (exact) mass is 682 g/mol. The first-order valence-corrected chi connectivity index (χ1v) is 15.1. The summed E-state index contributed by atoms with van der Waals surface area (Å²) in [5.74, 6) is -2.89. The zero-order chi connectivity index (χ0) is 35.1. The van der Waals surface area contributed by atoms with Crippen LogP contribution >= 0.6 is 0 Å². The predicted molar refractivity (Wildman–Crippen MR) is 157 cm³/mol. The molecule has 1 unspecified atom stereocenters. The van der Waals surface area contributed by atoms with Crippen LogP contribution in [0.4, 0.5) is 35.5 Å². The highest BCUT2D eigenvalue weighted by atomic mass is 19.4. The summed E-state index contributed by atoms with van der Waals surface area (Å²) < 4.78 is 107. The molecule has 1 saturated carbocycles. The van der Waals surface area contributed by atoms with Gasteiger partial charge in [-0.1, -0.05) is 42.5 Å². The molecule has 2 fully saturated rings. The summed E-state index contributed by atoms with van der Waals surface area (Å²) in [4.78, 5) is 25.9. The second-order valence-electron chi connectivity index (χ2n) is 12.5. The summed E-state index contributed by atoms with van der Waals surface area (Å²) in [5, 5.41) is 17.0. The molecular formula is C34H33F7N2O5. The molecule has 0 radical (unpaired) electrons. The van der Waals surface area contributed by atoms with E-state index < -0.39 is 76.6 Å². The van der Waals surface area contributed by atoms with Crippen LogP contribution in [0.1, 0.15) is 72.9 Å². The second-order valence-corrected chi connectivity index (χ2v) is 12.5. The number of aliphatic hydroxyl groups is 1. The van der Waals surface area contributed by atoms with Crippen LogP contribution < -0.4 is 10.6 Å². The van der Waals surface area contributed by atoms with Gasteiger partial charge in [-0.3, -0.25) is 4.79 Å². The molecule has 7 nitrogen and oxygen atoms in total. The van der Waals surface area contributed by atoms with Crippen molar-refractivity contribution in [2.24, 2.45) is 5.92 Å². The summed E-state index contributed by atoms with van der Waals surface area (Å²) in [6, 6.07) is 15.2. The second kappa shape index (κ2) is 13.0. The Hall–Kier alpha value is -4.17. The van der Waals surface area contributed by atoms with Gasteiger partial charge in [0.25, 0.3) is 0 Å². The molecule has 0 aromatic heterocycles. The lowest BCUT2D eigenvalue weighted by molar-refractivity contribution is -0.143. The number of ether oxygens (including phenoxy) is 2. The molecule has 3 aromatic rings. The maximum absolute atomic E-state index is 13.9. The third-order valence-corrected chi connectivity index (χ3v) is 8.97. The van der Waals surface area contributed by atoms with Gasteiger partial charge in [0.05, 0.1) is 23.3 Å². The molecular weight excluding hydrogens is 649 g/mol. The molecule has 48 heavy (non-hydrogen) atoms. The van der Waals surface area contributed by atoms with Crippen LogP contribution in [0.5, 0.6) is 0 Å². The molecule has 3 N–H and O–H groups in total. The fourth-order valence-corrected chi connectivity index (χ4v) is 6.64. The minimum Gasteiger partial charge on any atom is -0.445 e. The number of benzene rings is 3. The summed E-state index contributed by atoms with van der Waals surface area (Å²) in [6.45, 7) is 2.66. The van der Waals surface area contributed by atoms with E-state index in [9.17, 15) is 45.4 Å². The third kappa shape index (κ3) is 7.59. The smallest absolute Gasteiger partial charge is 0.416 e. The number of nitrogens with one attached hydrogen (secondary N) is 2. The molecule has 1 aliphatic heterocycles. The molecule has 1 heterocycles. The molecule has 2 amide bonds. The van der Waals surface area contributed by atoms with Crippen LogP contribution in [0.15, 0.2) is 72.8 Å². The van der Waals surface area contributed by atoms with Gasteiger partial charge in [0, 0.05) is 18.3 Å². The number of carbonyl (C=O) groups is 2. The van der Waals surface area contributed by atoms with E-state index in [1.54, 1.807) is 30.3 Å². The van der Waals surface area contributed by atoms with Crippen molar-refractivity contribution in [3.63, 3.8) is 0 Å². The number of halogens is 7. The van der Waals surface area contributed by atoms with Crippen molar-refractivity contribution in [3.05, 3.63) is 106 Å². The van der Waals surface area contributed by atoms with Crippen LogP contribution in [-0.2, 0) is 33.2 Å². The Bertz CT molecular complexity index is 1600. The lowest BCUT2D eigenvalue weighted by atomic mass is 9.78. The summed E-state index contributed by atoms with van der Waals surface area (Å²) in [7, 11) is 0. The quantitative estimate of drug-likeness (QED) is 0.215. The summed E-state index contributed by atoms with van der Waals surface area (Å²) >= 11 is 0. The highest BCUT2D eigenvalue weighted by Crippen LogP contribution is 2.51. The molecule has 14 heteroatoms. The number of hydrogen-bond donors (Lipinski definition) is 3. The predicted octanol–water partition coefficient (Wildman–Crippen LogP) is 7.40. The number of alkyl carbamates (subject to hydrolysis) is 1. The third-order valence-electron chi connectivity index (χ3n) is 8.97. The largest absolute Gasteiger partial charge is 0.445 e. The molecule has 258 valence electrons. The van der Waals surface area contributed by atoms with Gasteiger partial charge in [0.15, 0.2) is 0 Å². The van der Waals surface area contributed by atoms with E-state index in [-0.39, 0.29) is 37.5 Å². The van der Waals surface area contributed by atoms with Gasteiger partial charge >= 0.3 is 18.4 Å². The fraction of sp³-hybridized carbons (Fsp3) is 0.412. The van der Waals surface area contributed by atoms with E-state index in [4.69, 9.17) is 9.47 Å². The molecule has 5 rings (SSSR count). The average molecular weight is 683 g/mol. The normalized spacial score (nSPS) is 26.6. The Balaban J connectivity index is 1.39. The highest BCUT2D eigenvalue weighted by molar-refractivity contribution is 5.92. The molecule has 1 aliphatic carbocycles. The molecule has 0 bridgehead atoms. The number of carbonyl (C=O) groups excluding carboxylic acids is 2. The molecule has 6 atom stereocenters. The lowest BCUT2D eigenvalue weighted by Crippen LogP contribution is -2.51. The first kappa shape index (κ1) is 35.1. The van der Waals surface area contributed by atoms with Crippen molar-refractivity contribution < 1.29 is 54.9 Å². The number of hydrogen-bond acceptors (Lipinski definition) is 5. The lowest BCUT2D eigenvalue weighted by Gasteiger charge is -2.37. The van der Waals surface area contributed by atoms with Gasteiger partial charge < -0.3 is 25.2 Å². The van der Waals surface area contributed by atoms with Crippen molar-refractivity contribution >= 4 is 12.0 Å². The highest BCUT2D eigenvalue weighted by Gasteiger charge is 2.59. The van der Waals surface area contributed by atoms with Crippen LogP contribution in [0.25, 0.3) is 0 Å². The molecule has 0 spiro atoms. The van der Waals surface area contributed by atoms with Crippen molar-refractivity contribution in [1.29, 1.82) is 0 Å². The Morgan fingerprint density at radius 2 is 1.58 bits per heavy atom. The van der Waals surface area contributed by atoms with Gasteiger partial charge in [0.2, 0.25) is 5.91 Å². The molecule has 2 aliphatic rings. The number of amides is 2. The standard InChI is InChI=1S/C34H33F7N2O5/c1-19(22-14-23(33(36,37)38)16-24(15-22)34(39,40)41)48-27-13-12-26(28(27)21-8-10-25(35)11-9-21)32(46)18-31(2,29(44)42-32)43-30(45)47-17-20-6-4-3-5-7-20/h3-11,14-16,19,26-28,46H,12-13,17-18H2,1-2H3,(H,42,44)(H,43,45)/t19-,26-,27+,28+,31-,32?/m1/s1. The van der Waals surface area contributed by atoms with Crippen LogP contribution in [-0.4, -0.2) is 34.5 Å². The van der Waals surface area contributed by atoms with E-state index in [2.05, 4.69) is 10.6 Å². The van der Waals surface area contributed by atoms with E-state index >= 15 is 0 Å². The van der Waals surface area contributed by atoms with Crippen molar-refractivity contribution in [2.45, 2.75) is 81.5 Å². The zero-order valence-electron chi connectivity index (χ0n) is 25.8. The van der Waals surface area contributed by atoms with Crippen molar-refractivity contribution in [1.82, 2.24) is 10.6 Å². The Morgan fingerprint density at radius 3 is 2.17 bits per heavy atom. The van der Waals surface area contributed by atoms with Crippen LogP contribution in [0.2, 0.25) is 0 Å². The van der Waals surface area contributed by atoms with Crippen molar-refractivity contribution in [3.8, 4) is 0 Å². The first-order chi connectivity index (χ1) is 22.4. The number of rotatable bonds is 8. The minimum atomic E-state index is -5.05. The average Bonchev–Trinajstić information content (AvgIpc) is 3.53. The number of alkyl halides is 6. The fourth-order valence-electron chi connectivity index (χ4n) is 6.64. The minimum absolute atomic E-state index is 0.0317. The van der Waals surface area contributed by atoms with Gasteiger partial charge in [-0.05, 0) is 73.7 Å². The summed E-state index contributed by atoms with van der Waals surface area (Å²) in [5.41, 5.74) is -5.73.